The average molecular weight is 448 g/mol. The maximum atomic E-state index is 13.0. The number of amides is 1. The molecule has 1 aliphatic heterocycles. The van der Waals surface area contributed by atoms with Crippen molar-refractivity contribution in [3.8, 4) is 11.5 Å². The molecule has 0 saturated carbocycles. The molecule has 1 aliphatic rings. The Hall–Kier alpha value is -3.00. The lowest BCUT2D eigenvalue weighted by atomic mass is 10.1. The Kier molecular flexibility index (Phi) is 7.22. The molecule has 166 valence electrons. The number of methoxy groups -OCH3 is 1. The van der Waals surface area contributed by atoms with Crippen LogP contribution in [0.2, 0.25) is 5.02 Å². The van der Waals surface area contributed by atoms with E-state index in [2.05, 4.69) is 4.90 Å². The van der Waals surface area contributed by atoms with Gasteiger partial charge in [0, 0.05) is 49.6 Å². The van der Waals surface area contributed by atoms with E-state index in [1.807, 2.05) is 13.8 Å². The number of carbonyl (C=O) groups excluding carboxylic acids is 1. The molecule has 9 heteroatoms. The number of halogens is 1. The minimum Gasteiger partial charge on any atom is -0.493 e. The van der Waals surface area contributed by atoms with Crippen LogP contribution in [-0.2, 0) is 0 Å². The standard InChI is InChI=1S/C22H26ClN3O5/c1-15(2)14-31-21-19(23)12-16(13-20(21)30-3)22(27)25-10-8-24(9-11-25)17-4-6-18(7-5-17)26(28)29/h4-7,12-13,15H,8-11,14H2,1-3H3. The van der Waals surface area contributed by atoms with Crippen LogP contribution in [-0.4, -0.2) is 55.6 Å². The third-order valence-corrected chi connectivity index (χ3v) is 5.31. The molecule has 1 saturated heterocycles. The molecular weight excluding hydrogens is 422 g/mol. The molecular formula is C22H26ClN3O5. The van der Waals surface area contributed by atoms with Crippen molar-refractivity contribution in [2.45, 2.75) is 13.8 Å². The summed E-state index contributed by atoms with van der Waals surface area (Å²) in [5, 5.41) is 11.2. The van der Waals surface area contributed by atoms with Gasteiger partial charge in [0.2, 0.25) is 0 Å². The topological polar surface area (TPSA) is 85.2 Å². The monoisotopic (exact) mass is 447 g/mol. The molecule has 0 radical (unpaired) electrons. The summed E-state index contributed by atoms with van der Waals surface area (Å²) in [6, 6.07) is 9.72. The smallest absolute Gasteiger partial charge is 0.269 e. The van der Waals surface area contributed by atoms with E-state index in [-0.39, 0.29) is 11.6 Å². The van der Waals surface area contributed by atoms with Crippen LogP contribution >= 0.6 is 11.6 Å². The molecule has 0 aromatic heterocycles. The maximum Gasteiger partial charge on any atom is 0.269 e. The molecule has 8 nitrogen and oxygen atoms in total. The third-order valence-electron chi connectivity index (χ3n) is 5.03. The minimum absolute atomic E-state index is 0.0595. The fourth-order valence-corrected chi connectivity index (χ4v) is 3.63. The van der Waals surface area contributed by atoms with Gasteiger partial charge in [-0.05, 0) is 30.2 Å². The highest BCUT2D eigenvalue weighted by molar-refractivity contribution is 6.32. The largest absolute Gasteiger partial charge is 0.493 e. The molecule has 0 aliphatic carbocycles. The molecule has 0 bridgehead atoms. The number of hydrogen-bond acceptors (Lipinski definition) is 6. The highest BCUT2D eigenvalue weighted by atomic mass is 35.5. The predicted octanol–water partition coefficient (Wildman–Crippen LogP) is 4.25. The zero-order valence-corrected chi connectivity index (χ0v) is 18.6. The Bertz CT molecular complexity index is 941. The molecule has 1 heterocycles. The van der Waals surface area contributed by atoms with Crippen LogP contribution in [0.5, 0.6) is 11.5 Å². The molecule has 2 aromatic rings. The summed E-state index contributed by atoms with van der Waals surface area (Å²) >= 11 is 6.39. The van der Waals surface area contributed by atoms with Crippen molar-refractivity contribution in [3.05, 3.63) is 57.1 Å². The molecule has 3 rings (SSSR count). The Balaban J connectivity index is 1.67. The molecule has 0 spiro atoms. The quantitative estimate of drug-likeness (QED) is 0.466. The van der Waals surface area contributed by atoms with Crippen LogP contribution in [0.1, 0.15) is 24.2 Å². The average Bonchev–Trinajstić information content (AvgIpc) is 2.77. The van der Waals surface area contributed by atoms with Gasteiger partial charge < -0.3 is 19.3 Å². The fraction of sp³-hybridized carbons (Fsp3) is 0.409. The first kappa shape index (κ1) is 22.7. The van der Waals surface area contributed by atoms with Crippen molar-refractivity contribution in [1.29, 1.82) is 0 Å². The van der Waals surface area contributed by atoms with Crippen LogP contribution in [0.3, 0.4) is 0 Å². The van der Waals surface area contributed by atoms with Crippen molar-refractivity contribution < 1.29 is 19.2 Å². The van der Waals surface area contributed by atoms with E-state index < -0.39 is 4.92 Å². The van der Waals surface area contributed by atoms with Crippen LogP contribution in [0.15, 0.2) is 36.4 Å². The Morgan fingerprint density at radius 2 is 1.81 bits per heavy atom. The second kappa shape index (κ2) is 9.87. The van der Waals surface area contributed by atoms with Crippen molar-refractivity contribution in [2.24, 2.45) is 5.92 Å². The van der Waals surface area contributed by atoms with Crippen molar-refractivity contribution in [2.75, 3.05) is 44.8 Å². The van der Waals surface area contributed by atoms with Gasteiger partial charge in [-0.1, -0.05) is 25.4 Å². The number of hydrogen-bond donors (Lipinski definition) is 0. The highest BCUT2D eigenvalue weighted by Gasteiger charge is 2.25. The van der Waals surface area contributed by atoms with E-state index in [1.165, 1.54) is 19.2 Å². The van der Waals surface area contributed by atoms with E-state index in [1.54, 1.807) is 29.2 Å². The summed E-state index contributed by atoms with van der Waals surface area (Å²) in [4.78, 5) is 27.3. The highest BCUT2D eigenvalue weighted by Crippen LogP contribution is 2.37. The van der Waals surface area contributed by atoms with Gasteiger partial charge in [0.05, 0.1) is 23.7 Å². The summed E-state index contributed by atoms with van der Waals surface area (Å²) in [5.41, 5.74) is 1.40. The van der Waals surface area contributed by atoms with Gasteiger partial charge in [-0.3, -0.25) is 14.9 Å². The third kappa shape index (κ3) is 5.38. The van der Waals surface area contributed by atoms with Crippen LogP contribution in [0.25, 0.3) is 0 Å². The molecule has 0 N–H and O–H groups in total. The molecule has 0 atom stereocenters. The van der Waals surface area contributed by atoms with E-state index in [9.17, 15) is 14.9 Å². The van der Waals surface area contributed by atoms with Crippen LogP contribution in [0, 0.1) is 16.0 Å². The lowest BCUT2D eigenvalue weighted by Crippen LogP contribution is -2.48. The fourth-order valence-electron chi connectivity index (χ4n) is 3.37. The van der Waals surface area contributed by atoms with Gasteiger partial charge in [-0.2, -0.15) is 0 Å². The second-order valence-electron chi connectivity index (χ2n) is 7.75. The first-order valence-corrected chi connectivity index (χ1v) is 10.5. The summed E-state index contributed by atoms with van der Waals surface area (Å²) in [7, 11) is 1.52. The summed E-state index contributed by atoms with van der Waals surface area (Å²) in [6.07, 6.45) is 0. The van der Waals surface area contributed by atoms with Gasteiger partial charge in [0.15, 0.2) is 11.5 Å². The van der Waals surface area contributed by atoms with Gasteiger partial charge in [-0.15, -0.1) is 0 Å². The van der Waals surface area contributed by atoms with Gasteiger partial charge in [0.25, 0.3) is 11.6 Å². The number of nitro benzene ring substituents is 1. The van der Waals surface area contributed by atoms with E-state index in [0.29, 0.717) is 60.8 Å². The number of piperazine rings is 1. The summed E-state index contributed by atoms with van der Waals surface area (Å²) in [5.74, 6) is 1.08. The van der Waals surface area contributed by atoms with Crippen molar-refractivity contribution >= 4 is 28.9 Å². The van der Waals surface area contributed by atoms with Gasteiger partial charge >= 0.3 is 0 Å². The molecule has 31 heavy (non-hydrogen) atoms. The molecule has 0 unspecified atom stereocenters. The number of nitro groups is 1. The number of benzene rings is 2. The Labute approximate surface area is 186 Å². The van der Waals surface area contributed by atoms with Crippen molar-refractivity contribution in [3.63, 3.8) is 0 Å². The Morgan fingerprint density at radius 1 is 1.16 bits per heavy atom. The normalized spacial score (nSPS) is 14.0. The number of anilines is 1. The molecule has 1 fully saturated rings. The SMILES string of the molecule is COc1cc(C(=O)N2CCN(c3ccc([N+](=O)[O-])cc3)CC2)cc(Cl)c1OCC(C)C. The zero-order valence-electron chi connectivity index (χ0n) is 17.8. The first-order valence-electron chi connectivity index (χ1n) is 10.1. The number of rotatable bonds is 7. The lowest BCUT2D eigenvalue weighted by molar-refractivity contribution is -0.384. The summed E-state index contributed by atoms with van der Waals surface area (Å²) in [6.45, 7) is 6.88. The maximum absolute atomic E-state index is 13.0. The number of carbonyl (C=O) groups is 1. The van der Waals surface area contributed by atoms with Crippen molar-refractivity contribution in [1.82, 2.24) is 4.90 Å². The minimum atomic E-state index is -0.418. The number of nitrogens with zero attached hydrogens (tertiary/aromatic N) is 3. The second-order valence-corrected chi connectivity index (χ2v) is 8.15. The summed E-state index contributed by atoms with van der Waals surface area (Å²) < 4.78 is 11.2. The van der Waals surface area contributed by atoms with Crippen LogP contribution < -0.4 is 14.4 Å². The van der Waals surface area contributed by atoms with E-state index >= 15 is 0 Å². The van der Waals surface area contributed by atoms with E-state index in [0.717, 1.165) is 5.69 Å². The van der Waals surface area contributed by atoms with Gasteiger partial charge in [-0.25, -0.2) is 0 Å². The van der Waals surface area contributed by atoms with Gasteiger partial charge in [0.1, 0.15) is 0 Å². The predicted molar refractivity (Wildman–Crippen MR) is 120 cm³/mol. The number of ether oxygens (including phenoxy) is 2. The zero-order chi connectivity index (χ0) is 22.5. The molecule has 1 amide bonds. The first-order chi connectivity index (χ1) is 14.8. The number of non-ortho nitro benzene ring substituents is 1. The lowest BCUT2D eigenvalue weighted by Gasteiger charge is -2.36. The van der Waals surface area contributed by atoms with Crippen LogP contribution in [0.4, 0.5) is 11.4 Å². The van der Waals surface area contributed by atoms with E-state index in [4.69, 9.17) is 21.1 Å². The Morgan fingerprint density at radius 3 is 2.35 bits per heavy atom. The molecule has 2 aromatic carbocycles.